The van der Waals surface area contributed by atoms with E-state index in [0.717, 1.165) is 6.42 Å². The molecular weight excluding hydrogens is 222 g/mol. The fourth-order valence-electron chi connectivity index (χ4n) is 3.07. The smallest absolute Gasteiger partial charge is 0.0640 e. The minimum Gasteiger partial charge on any atom is -0.327 e. The Kier molecular flexibility index (Phi) is 3.18. The third kappa shape index (κ3) is 2.46. The van der Waals surface area contributed by atoms with Crippen molar-refractivity contribution in [1.82, 2.24) is 9.78 Å². The number of rotatable bonds is 4. The average molecular weight is 247 g/mol. The first-order chi connectivity index (χ1) is 8.67. The lowest BCUT2D eigenvalue weighted by atomic mass is 9.96. The molecule has 2 aliphatic carbocycles. The third-order valence-electron chi connectivity index (χ3n) is 4.98. The molecule has 0 aromatic carbocycles. The van der Waals surface area contributed by atoms with Crippen LogP contribution in [-0.2, 0) is 6.42 Å². The van der Waals surface area contributed by atoms with Crippen molar-refractivity contribution < 1.29 is 0 Å². The lowest BCUT2D eigenvalue weighted by Crippen LogP contribution is -2.32. The molecule has 1 atom stereocenters. The Morgan fingerprint density at radius 2 is 2.11 bits per heavy atom. The molecule has 2 aliphatic rings. The predicted molar refractivity (Wildman–Crippen MR) is 73.4 cm³/mol. The molecule has 2 fully saturated rings. The molecule has 1 aromatic heterocycles. The number of hydrogen-bond donors (Lipinski definition) is 1. The SMILES string of the molecule is CC1(C(N)Cc2ccn(C3CCCCC3)n2)CC1. The summed E-state index contributed by atoms with van der Waals surface area (Å²) in [5, 5.41) is 4.75. The van der Waals surface area contributed by atoms with E-state index >= 15 is 0 Å². The zero-order valence-corrected chi connectivity index (χ0v) is 11.4. The van der Waals surface area contributed by atoms with Gasteiger partial charge in [0.15, 0.2) is 0 Å². The van der Waals surface area contributed by atoms with Gasteiger partial charge in [-0.15, -0.1) is 0 Å². The Morgan fingerprint density at radius 1 is 1.39 bits per heavy atom. The van der Waals surface area contributed by atoms with Crippen LogP contribution in [0.25, 0.3) is 0 Å². The van der Waals surface area contributed by atoms with Gasteiger partial charge in [0.05, 0.1) is 11.7 Å². The van der Waals surface area contributed by atoms with Gasteiger partial charge in [-0.2, -0.15) is 5.10 Å². The van der Waals surface area contributed by atoms with Gasteiger partial charge in [-0.1, -0.05) is 26.2 Å². The van der Waals surface area contributed by atoms with Crippen molar-refractivity contribution >= 4 is 0 Å². The first-order valence-corrected chi connectivity index (χ1v) is 7.47. The van der Waals surface area contributed by atoms with Gasteiger partial charge in [-0.3, -0.25) is 4.68 Å². The molecule has 3 heteroatoms. The van der Waals surface area contributed by atoms with Gasteiger partial charge in [-0.25, -0.2) is 0 Å². The van der Waals surface area contributed by atoms with Crippen molar-refractivity contribution in [3.05, 3.63) is 18.0 Å². The quantitative estimate of drug-likeness (QED) is 0.888. The second kappa shape index (κ2) is 4.69. The fourth-order valence-corrected chi connectivity index (χ4v) is 3.07. The van der Waals surface area contributed by atoms with Crippen LogP contribution in [0.3, 0.4) is 0 Å². The van der Waals surface area contributed by atoms with Crippen LogP contribution in [0.4, 0.5) is 0 Å². The zero-order valence-electron chi connectivity index (χ0n) is 11.4. The number of aromatic nitrogens is 2. The molecule has 100 valence electrons. The van der Waals surface area contributed by atoms with Crippen molar-refractivity contribution in [2.45, 2.75) is 70.4 Å². The number of nitrogens with two attached hydrogens (primary N) is 1. The molecule has 2 N–H and O–H groups in total. The summed E-state index contributed by atoms with van der Waals surface area (Å²) in [6.07, 6.45) is 12.4. The van der Waals surface area contributed by atoms with E-state index in [9.17, 15) is 0 Å². The monoisotopic (exact) mass is 247 g/mol. The van der Waals surface area contributed by atoms with E-state index in [-0.39, 0.29) is 6.04 Å². The summed E-state index contributed by atoms with van der Waals surface area (Å²) < 4.78 is 2.19. The summed E-state index contributed by atoms with van der Waals surface area (Å²) in [6, 6.07) is 3.09. The standard InChI is InChI=1S/C15H25N3/c1-15(8-9-15)14(16)11-12-7-10-18(17-12)13-5-3-2-4-6-13/h7,10,13-14H,2-6,8-9,11,16H2,1H3. The summed E-state index contributed by atoms with van der Waals surface area (Å²) in [6.45, 7) is 2.30. The van der Waals surface area contributed by atoms with E-state index < -0.39 is 0 Å². The molecule has 0 bridgehead atoms. The topological polar surface area (TPSA) is 43.8 Å². The van der Waals surface area contributed by atoms with Crippen LogP contribution in [0.5, 0.6) is 0 Å². The highest BCUT2D eigenvalue weighted by molar-refractivity contribution is 5.07. The van der Waals surface area contributed by atoms with Crippen molar-refractivity contribution in [3.8, 4) is 0 Å². The van der Waals surface area contributed by atoms with E-state index in [1.807, 2.05) is 0 Å². The first kappa shape index (κ1) is 12.2. The van der Waals surface area contributed by atoms with Gasteiger partial charge in [0.2, 0.25) is 0 Å². The molecule has 2 saturated carbocycles. The van der Waals surface area contributed by atoms with Crippen LogP contribution < -0.4 is 5.73 Å². The Hall–Kier alpha value is -0.830. The molecule has 3 rings (SSSR count). The molecule has 1 heterocycles. The highest BCUT2D eigenvalue weighted by Crippen LogP contribution is 2.48. The highest BCUT2D eigenvalue weighted by Gasteiger charge is 2.43. The van der Waals surface area contributed by atoms with Crippen molar-refractivity contribution in [2.24, 2.45) is 11.1 Å². The normalized spacial score (nSPS) is 25.0. The van der Waals surface area contributed by atoms with Crippen molar-refractivity contribution in [3.63, 3.8) is 0 Å². The van der Waals surface area contributed by atoms with Gasteiger partial charge >= 0.3 is 0 Å². The lowest BCUT2D eigenvalue weighted by molar-refractivity contribution is 0.326. The van der Waals surface area contributed by atoms with Crippen molar-refractivity contribution in [1.29, 1.82) is 0 Å². The Bertz CT molecular complexity index is 400. The summed E-state index contributed by atoms with van der Waals surface area (Å²) in [4.78, 5) is 0. The summed E-state index contributed by atoms with van der Waals surface area (Å²) in [7, 11) is 0. The minimum atomic E-state index is 0.284. The van der Waals surface area contributed by atoms with Crippen LogP contribution in [0.15, 0.2) is 12.3 Å². The van der Waals surface area contributed by atoms with Crippen LogP contribution in [0.1, 0.15) is 63.6 Å². The molecule has 0 radical (unpaired) electrons. The fraction of sp³-hybridized carbons (Fsp3) is 0.800. The van der Waals surface area contributed by atoms with Gasteiger partial charge in [-0.05, 0) is 37.2 Å². The first-order valence-electron chi connectivity index (χ1n) is 7.47. The van der Waals surface area contributed by atoms with Gasteiger partial charge in [0.25, 0.3) is 0 Å². The molecule has 1 aromatic rings. The van der Waals surface area contributed by atoms with Gasteiger partial charge < -0.3 is 5.73 Å². The van der Waals surface area contributed by atoms with Crippen LogP contribution in [-0.4, -0.2) is 15.8 Å². The molecular formula is C15H25N3. The average Bonchev–Trinajstić information content (AvgIpc) is 2.98. The zero-order chi connectivity index (χ0) is 12.6. The Balaban J connectivity index is 1.62. The third-order valence-corrected chi connectivity index (χ3v) is 4.98. The van der Waals surface area contributed by atoms with E-state index in [1.54, 1.807) is 0 Å². The largest absolute Gasteiger partial charge is 0.327 e. The van der Waals surface area contributed by atoms with Crippen LogP contribution in [0.2, 0.25) is 0 Å². The second-order valence-corrected chi connectivity index (χ2v) is 6.54. The molecule has 0 saturated heterocycles. The highest BCUT2D eigenvalue weighted by atomic mass is 15.3. The second-order valence-electron chi connectivity index (χ2n) is 6.54. The maximum Gasteiger partial charge on any atom is 0.0640 e. The van der Waals surface area contributed by atoms with E-state index in [2.05, 4.69) is 23.9 Å². The minimum absolute atomic E-state index is 0.284. The Morgan fingerprint density at radius 3 is 2.78 bits per heavy atom. The molecule has 3 nitrogen and oxygen atoms in total. The van der Waals surface area contributed by atoms with Crippen molar-refractivity contribution in [2.75, 3.05) is 0 Å². The van der Waals surface area contributed by atoms with Gasteiger partial charge in [0.1, 0.15) is 0 Å². The summed E-state index contributed by atoms with van der Waals surface area (Å²) >= 11 is 0. The maximum atomic E-state index is 6.28. The summed E-state index contributed by atoms with van der Waals surface area (Å²) in [5.74, 6) is 0. The molecule has 0 amide bonds. The number of nitrogens with zero attached hydrogens (tertiary/aromatic N) is 2. The van der Waals surface area contributed by atoms with Crippen LogP contribution >= 0.6 is 0 Å². The molecule has 18 heavy (non-hydrogen) atoms. The van der Waals surface area contributed by atoms with E-state index in [1.165, 1.54) is 50.6 Å². The predicted octanol–water partition coefficient (Wildman–Crippen LogP) is 3.06. The van der Waals surface area contributed by atoms with Crippen LogP contribution in [0, 0.1) is 5.41 Å². The maximum absolute atomic E-state index is 6.28. The lowest BCUT2D eigenvalue weighted by Gasteiger charge is -2.22. The summed E-state index contributed by atoms with van der Waals surface area (Å²) in [5.41, 5.74) is 7.86. The molecule has 0 spiro atoms. The van der Waals surface area contributed by atoms with E-state index in [4.69, 9.17) is 10.8 Å². The van der Waals surface area contributed by atoms with E-state index in [0.29, 0.717) is 11.5 Å². The number of hydrogen-bond acceptors (Lipinski definition) is 2. The van der Waals surface area contributed by atoms with Gasteiger partial charge in [0, 0.05) is 18.7 Å². The Labute approximate surface area is 110 Å². The molecule has 0 aliphatic heterocycles. The molecule has 1 unspecified atom stereocenters.